The molecule has 0 aliphatic rings. The molecule has 33 heavy (non-hydrogen) atoms. The molecule has 172 valence electrons. The number of methoxy groups -OCH3 is 2. The molecule has 0 spiro atoms. The minimum Gasteiger partial charge on any atom is -0.494 e. The highest BCUT2D eigenvalue weighted by Gasteiger charge is 2.22. The van der Waals surface area contributed by atoms with Gasteiger partial charge >= 0.3 is 5.97 Å². The third-order valence-electron chi connectivity index (χ3n) is 4.67. The first-order chi connectivity index (χ1) is 16.0. The average molecular weight is 577 g/mol. The molecule has 0 radical (unpaired) electrons. The van der Waals surface area contributed by atoms with Crippen molar-refractivity contribution in [3.63, 3.8) is 0 Å². The van der Waals surface area contributed by atoms with Crippen LogP contribution in [0.2, 0.25) is 0 Å². The number of carbonyl (C=O) groups is 1. The Labute approximate surface area is 209 Å². The quantitative estimate of drug-likeness (QED) is 0.166. The molecule has 0 atom stereocenters. The first-order valence-corrected chi connectivity index (χ1v) is 11.6. The van der Waals surface area contributed by atoms with E-state index in [-0.39, 0.29) is 18.7 Å². The molecule has 6 nitrogen and oxygen atoms in total. The summed E-state index contributed by atoms with van der Waals surface area (Å²) < 4.78 is 17.9. The highest BCUT2D eigenvalue weighted by Crippen LogP contribution is 2.43. The largest absolute Gasteiger partial charge is 0.494 e. The fourth-order valence-corrected chi connectivity index (χ4v) is 4.68. The summed E-state index contributed by atoms with van der Waals surface area (Å²) in [4.78, 5) is 17.9. The van der Waals surface area contributed by atoms with Gasteiger partial charge in [0.1, 0.15) is 23.4 Å². The second-order valence-corrected chi connectivity index (χ2v) is 8.58. The number of hydrogen-bond donors (Lipinski definition) is 0. The molecular formula is C25H23Br2NO5. The maximum atomic E-state index is 12.4. The summed E-state index contributed by atoms with van der Waals surface area (Å²) in [6.07, 6.45) is 0.132. The lowest BCUT2D eigenvalue weighted by atomic mass is 10.1. The van der Waals surface area contributed by atoms with E-state index in [2.05, 4.69) is 37.0 Å². The van der Waals surface area contributed by atoms with Gasteiger partial charge < -0.3 is 19.0 Å². The molecular weight excluding hydrogens is 554 g/mol. The molecule has 0 amide bonds. The van der Waals surface area contributed by atoms with E-state index in [0.717, 1.165) is 11.1 Å². The number of rotatable bonds is 10. The molecule has 0 aromatic heterocycles. The van der Waals surface area contributed by atoms with E-state index in [0.29, 0.717) is 32.6 Å². The van der Waals surface area contributed by atoms with Crippen molar-refractivity contribution in [1.82, 2.24) is 0 Å². The SMILES string of the molecule is COC(=O)/C(Cc1cc(Br)c(OC)c(Br)c1OCc1ccccc1)=N/OCc1ccccc1. The summed E-state index contributed by atoms with van der Waals surface area (Å²) in [5, 5.41) is 4.07. The summed E-state index contributed by atoms with van der Waals surface area (Å²) in [7, 11) is 2.88. The maximum Gasteiger partial charge on any atom is 0.356 e. The van der Waals surface area contributed by atoms with Crippen molar-refractivity contribution in [2.45, 2.75) is 19.6 Å². The van der Waals surface area contributed by atoms with Crippen LogP contribution in [0.3, 0.4) is 0 Å². The van der Waals surface area contributed by atoms with Crippen LogP contribution in [0.15, 0.2) is 80.8 Å². The van der Waals surface area contributed by atoms with E-state index in [9.17, 15) is 4.79 Å². The van der Waals surface area contributed by atoms with Crippen LogP contribution < -0.4 is 9.47 Å². The van der Waals surface area contributed by atoms with Crippen molar-refractivity contribution >= 4 is 43.5 Å². The predicted octanol–water partition coefficient (Wildman–Crippen LogP) is 6.09. The van der Waals surface area contributed by atoms with Gasteiger partial charge in [-0.15, -0.1) is 0 Å². The highest BCUT2D eigenvalue weighted by molar-refractivity contribution is 9.11. The van der Waals surface area contributed by atoms with Crippen molar-refractivity contribution in [2.75, 3.05) is 14.2 Å². The van der Waals surface area contributed by atoms with Crippen LogP contribution in [-0.4, -0.2) is 25.9 Å². The molecule has 0 N–H and O–H groups in total. The highest BCUT2D eigenvalue weighted by atomic mass is 79.9. The number of hydrogen-bond acceptors (Lipinski definition) is 6. The molecule has 3 aromatic carbocycles. The molecule has 0 heterocycles. The van der Waals surface area contributed by atoms with Crippen LogP contribution in [0.25, 0.3) is 0 Å². The minimum absolute atomic E-state index is 0.113. The predicted molar refractivity (Wildman–Crippen MR) is 134 cm³/mol. The standard InChI is InChI=1S/C25H23Br2NO5/c1-30-24-20(26)13-19(23(22(24)27)32-15-17-9-5-3-6-10-17)14-21(25(29)31-2)28-33-16-18-11-7-4-8-12-18/h3-13H,14-16H2,1-2H3/b28-21+. The first kappa shape index (κ1) is 24.8. The molecule has 0 saturated heterocycles. The first-order valence-electron chi connectivity index (χ1n) is 10.1. The topological polar surface area (TPSA) is 66.4 Å². The van der Waals surface area contributed by atoms with Crippen LogP contribution in [0, 0.1) is 0 Å². The van der Waals surface area contributed by atoms with Gasteiger partial charge in [-0.05, 0) is 49.1 Å². The number of oxime groups is 1. The van der Waals surface area contributed by atoms with Gasteiger partial charge in [0.2, 0.25) is 0 Å². The van der Waals surface area contributed by atoms with Crippen molar-refractivity contribution in [1.29, 1.82) is 0 Å². The second kappa shape index (κ2) is 12.4. The van der Waals surface area contributed by atoms with Gasteiger partial charge in [0, 0.05) is 12.0 Å². The Hall–Kier alpha value is -2.84. The summed E-state index contributed by atoms with van der Waals surface area (Å²) in [6, 6.07) is 21.2. The summed E-state index contributed by atoms with van der Waals surface area (Å²) in [5.41, 5.74) is 2.76. The van der Waals surface area contributed by atoms with Gasteiger partial charge in [-0.3, -0.25) is 0 Å². The molecule has 0 aliphatic carbocycles. The summed E-state index contributed by atoms with van der Waals surface area (Å²) in [6.45, 7) is 0.571. The third-order valence-corrected chi connectivity index (χ3v) is 5.98. The molecule has 3 aromatic rings. The van der Waals surface area contributed by atoms with Crippen LogP contribution >= 0.6 is 31.9 Å². The van der Waals surface area contributed by atoms with Crippen molar-refractivity contribution < 1.29 is 23.8 Å². The molecule has 3 rings (SSSR count). The number of ether oxygens (including phenoxy) is 3. The maximum absolute atomic E-state index is 12.4. The van der Waals surface area contributed by atoms with E-state index in [1.165, 1.54) is 7.11 Å². The second-order valence-electron chi connectivity index (χ2n) is 6.93. The Morgan fingerprint density at radius 2 is 1.48 bits per heavy atom. The molecule has 0 fully saturated rings. The Morgan fingerprint density at radius 1 is 0.879 bits per heavy atom. The van der Waals surface area contributed by atoms with Crippen molar-refractivity contribution in [3.05, 3.63) is 92.4 Å². The lowest BCUT2D eigenvalue weighted by molar-refractivity contribution is -0.133. The summed E-state index contributed by atoms with van der Waals surface area (Å²) in [5.74, 6) is 0.539. The zero-order valence-electron chi connectivity index (χ0n) is 18.2. The Balaban J connectivity index is 1.88. The fourth-order valence-electron chi connectivity index (χ4n) is 3.04. The van der Waals surface area contributed by atoms with Crippen LogP contribution in [0.4, 0.5) is 0 Å². The van der Waals surface area contributed by atoms with Crippen molar-refractivity contribution in [2.24, 2.45) is 5.16 Å². The smallest absolute Gasteiger partial charge is 0.356 e. The number of nitrogens with zero attached hydrogens (tertiary/aromatic N) is 1. The van der Waals surface area contributed by atoms with Gasteiger partial charge in [0.25, 0.3) is 0 Å². The van der Waals surface area contributed by atoms with Crippen LogP contribution in [-0.2, 0) is 34.0 Å². The Kier molecular flexibility index (Phi) is 9.33. The number of esters is 1. The lowest BCUT2D eigenvalue weighted by Gasteiger charge is -2.17. The molecule has 0 aliphatic heterocycles. The number of carbonyl (C=O) groups excluding carboxylic acids is 1. The average Bonchev–Trinajstić information content (AvgIpc) is 2.84. The summed E-state index contributed by atoms with van der Waals surface area (Å²) >= 11 is 7.09. The van der Waals surface area contributed by atoms with E-state index in [1.807, 2.05) is 66.7 Å². The normalized spacial score (nSPS) is 11.1. The van der Waals surface area contributed by atoms with Gasteiger partial charge in [0.05, 0.1) is 18.7 Å². The van der Waals surface area contributed by atoms with E-state index in [1.54, 1.807) is 7.11 Å². The van der Waals surface area contributed by atoms with E-state index < -0.39 is 5.97 Å². The van der Waals surface area contributed by atoms with Crippen LogP contribution in [0.1, 0.15) is 16.7 Å². The molecule has 0 unspecified atom stereocenters. The van der Waals surface area contributed by atoms with E-state index in [4.69, 9.17) is 19.0 Å². The van der Waals surface area contributed by atoms with E-state index >= 15 is 0 Å². The Bertz CT molecular complexity index is 1100. The third kappa shape index (κ3) is 6.82. The van der Waals surface area contributed by atoms with Crippen molar-refractivity contribution in [3.8, 4) is 11.5 Å². The monoisotopic (exact) mass is 575 g/mol. The van der Waals surface area contributed by atoms with Crippen LogP contribution in [0.5, 0.6) is 11.5 Å². The van der Waals surface area contributed by atoms with Gasteiger partial charge in [0.15, 0.2) is 11.5 Å². The minimum atomic E-state index is -0.583. The zero-order valence-corrected chi connectivity index (χ0v) is 21.4. The van der Waals surface area contributed by atoms with Gasteiger partial charge in [-0.1, -0.05) is 65.8 Å². The van der Waals surface area contributed by atoms with Gasteiger partial charge in [-0.25, -0.2) is 4.79 Å². The Morgan fingerprint density at radius 3 is 2.06 bits per heavy atom. The zero-order chi connectivity index (χ0) is 23.6. The number of benzene rings is 3. The van der Waals surface area contributed by atoms with Gasteiger partial charge in [-0.2, -0.15) is 0 Å². The molecule has 0 bridgehead atoms. The fraction of sp³-hybridized carbons (Fsp3) is 0.200. The number of halogens is 2. The lowest BCUT2D eigenvalue weighted by Crippen LogP contribution is -2.19. The molecule has 0 saturated carbocycles. The molecule has 8 heteroatoms.